The Balaban J connectivity index is 2.15. The molecular weight excluding hydrogens is 270 g/mol. The van der Waals surface area contributed by atoms with Crippen LogP contribution in [-0.4, -0.2) is 55.6 Å². The first-order valence-corrected chi connectivity index (χ1v) is 7.37. The molecule has 1 aliphatic rings. The zero-order valence-corrected chi connectivity index (χ0v) is 13.1. The number of methoxy groups -OCH3 is 1. The van der Waals surface area contributed by atoms with E-state index in [9.17, 15) is 4.79 Å². The van der Waals surface area contributed by atoms with E-state index in [0.29, 0.717) is 13.2 Å². The second-order valence-electron chi connectivity index (χ2n) is 5.31. The van der Waals surface area contributed by atoms with Crippen molar-refractivity contribution in [2.45, 2.75) is 19.9 Å². The Morgan fingerprint density at radius 2 is 2.29 bits per heavy atom. The number of ether oxygens (including phenoxy) is 1. The first-order valence-electron chi connectivity index (χ1n) is 7.37. The lowest BCUT2D eigenvalue weighted by atomic mass is 10.2. The van der Waals surface area contributed by atoms with Crippen molar-refractivity contribution in [3.63, 3.8) is 0 Å². The number of rotatable bonds is 6. The smallest absolute Gasteiger partial charge is 0.239 e. The van der Waals surface area contributed by atoms with Crippen molar-refractivity contribution in [2.24, 2.45) is 7.05 Å². The van der Waals surface area contributed by atoms with Crippen LogP contribution in [0.25, 0.3) is 0 Å². The van der Waals surface area contributed by atoms with Gasteiger partial charge in [0, 0.05) is 45.9 Å². The summed E-state index contributed by atoms with van der Waals surface area (Å²) in [6, 6.07) is 0. The molecule has 0 aromatic carbocycles. The average Bonchev–Trinajstić information content (AvgIpc) is 2.61. The number of hydrogen-bond acceptors (Lipinski definition) is 5. The molecule has 0 atom stereocenters. The first-order chi connectivity index (χ1) is 10.1. The number of aromatic nitrogens is 2. The van der Waals surface area contributed by atoms with Crippen LogP contribution in [0.5, 0.6) is 0 Å². The van der Waals surface area contributed by atoms with Crippen molar-refractivity contribution in [3.05, 3.63) is 11.3 Å². The van der Waals surface area contributed by atoms with E-state index < -0.39 is 0 Å². The highest BCUT2D eigenvalue weighted by atomic mass is 16.5. The zero-order chi connectivity index (χ0) is 15.2. The minimum atomic E-state index is 0.0737. The van der Waals surface area contributed by atoms with Crippen molar-refractivity contribution in [1.29, 1.82) is 0 Å². The summed E-state index contributed by atoms with van der Waals surface area (Å²) in [5.74, 6) is 1.11. The fraction of sp³-hybridized carbons (Fsp3) is 0.714. The summed E-state index contributed by atoms with van der Waals surface area (Å²) in [4.78, 5) is 13.9. The third-order valence-corrected chi connectivity index (χ3v) is 3.66. The lowest BCUT2D eigenvalue weighted by molar-refractivity contribution is -0.119. The summed E-state index contributed by atoms with van der Waals surface area (Å²) in [7, 11) is 3.63. The Morgan fingerprint density at radius 1 is 1.48 bits per heavy atom. The van der Waals surface area contributed by atoms with Crippen LogP contribution in [0, 0.1) is 6.92 Å². The second-order valence-corrected chi connectivity index (χ2v) is 5.31. The molecule has 0 aliphatic carbocycles. The molecule has 21 heavy (non-hydrogen) atoms. The molecule has 0 bridgehead atoms. The molecule has 1 saturated heterocycles. The molecule has 2 rings (SSSR count). The van der Waals surface area contributed by atoms with Gasteiger partial charge in [-0.1, -0.05) is 0 Å². The SMILES string of the molecule is COCCNCc1c(C)nn(C)c1N1CCCNC(=O)C1. The summed E-state index contributed by atoms with van der Waals surface area (Å²) in [5, 5.41) is 10.8. The number of aryl methyl sites for hydroxylation is 2. The van der Waals surface area contributed by atoms with Crippen molar-refractivity contribution >= 4 is 11.7 Å². The molecule has 1 aliphatic heterocycles. The minimum absolute atomic E-state index is 0.0737. The maximum atomic E-state index is 11.8. The van der Waals surface area contributed by atoms with Gasteiger partial charge in [-0.2, -0.15) is 5.10 Å². The molecule has 7 heteroatoms. The lowest BCUT2D eigenvalue weighted by Crippen LogP contribution is -2.35. The van der Waals surface area contributed by atoms with Crippen LogP contribution < -0.4 is 15.5 Å². The predicted octanol–water partition coefficient (Wildman–Crippen LogP) is -0.209. The molecule has 2 heterocycles. The van der Waals surface area contributed by atoms with Crippen LogP contribution >= 0.6 is 0 Å². The van der Waals surface area contributed by atoms with E-state index in [1.54, 1.807) is 7.11 Å². The van der Waals surface area contributed by atoms with E-state index in [1.165, 1.54) is 0 Å². The third-order valence-electron chi connectivity index (χ3n) is 3.66. The summed E-state index contributed by atoms with van der Waals surface area (Å²) < 4.78 is 6.92. The van der Waals surface area contributed by atoms with Gasteiger partial charge in [-0.25, -0.2) is 0 Å². The van der Waals surface area contributed by atoms with Crippen LogP contribution in [0.3, 0.4) is 0 Å². The quantitative estimate of drug-likeness (QED) is 0.711. The van der Waals surface area contributed by atoms with Gasteiger partial charge in [-0.3, -0.25) is 9.48 Å². The Bertz CT molecular complexity index is 486. The number of hydrogen-bond donors (Lipinski definition) is 2. The second kappa shape index (κ2) is 7.42. The van der Waals surface area contributed by atoms with E-state index in [1.807, 2.05) is 18.7 Å². The maximum Gasteiger partial charge on any atom is 0.239 e. The van der Waals surface area contributed by atoms with E-state index in [-0.39, 0.29) is 5.91 Å². The molecular formula is C14H25N5O2. The molecule has 118 valence electrons. The number of nitrogens with one attached hydrogen (secondary N) is 2. The number of anilines is 1. The Labute approximate surface area is 125 Å². The number of amides is 1. The van der Waals surface area contributed by atoms with Crippen molar-refractivity contribution in [2.75, 3.05) is 44.8 Å². The molecule has 1 aromatic rings. The highest BCUT2D eigenvalue weighted by Crippen LogP contribution is 2.23. The lowest BCUT2D eigenvalue weighted by Gasteiger charge is -2.23. The fourth-order valence-corrected chi connectivity index (χ4v) is 2.67. The van der Waals surface area contributed by atoms with Gasteiger partial charge in [0.25, 0.3) is 0 Å². The van der Waals surface area contributed by atoms with Crippen molar-refractivity contribution < 1.29 is 9.53 Å². The normalized spacial score (nSPS) is 16.0. The monoisotopic (exact) mass is 295 g/mol. The summed E-state index contributed by atoms with van der Waals surface area (Å²) in [6.45, 7) is 6.22. The van der Waals surface area contributed by atoms with Crippen LogP contribution in [0.2, 0.25) is 0 Å². The summed E-state index contributed by atoms with van der Waals surface area (Å²) in [5.41, 5.74) is 2.16. The third kappa shape index (κ3) is 3.95. The van der Waals surface area contributed by atoms with E-state index in [0.717, 1.165) is 49.7 Å². The van der Waals surface area contributed by atoms with Gasteiger partial charge in [0.15, 0.2) is 0 Å². The van der Waals surface area contributed by atoms with Gasteiger partial charge in [0.2, 0.25) is 5.91 Å². The van der Waals surface area contributed by atoms with Crippen LogP contribution in [-0.2, 0) is 23.1 Å². The van der Waals surface area contributed by atoms with Gasteiger partial charge in [0.05, 0.1) is 18.8 Å². The summed E-state index contributed by atoms with van der Waals surface area (Å²) in [6.07, 6.45) is 0.951. The number of carbonyl (C=O) groups excluding carboxylic acids is 1. The standard InChI is InChI=1S/C14H25N5O2/c1-11-12(9-15-6-8-21-3)14(18(2)17-11)19-7-4-5-16-13(20)10-19/h15H,4-10H2,1-3H3,(H,16,20). The molecule has 1 amide bonds. The topological polar surface area (TPSA) is 71.4 Å². The predicted molar refractivity (Wildman–Crippen MR) is 81.4 cm³/mol. The van der Waals surface area contributed by atoms with Crippen molar-refractivity contribution in [3.8, 4) is 0 Å². The van der Waals surface area contributed by atoms with Gasteiger partial charge in [-0.05, 0) is 13.3 Å². The van der Waals surface area contributed by atoms with Gasteiger partial charge >= 0.3 is 0 Å². The first kappa shape index (κ1) is 15.8. The maximum absolute atomic E-state index is 11.8. The van der Waals surface area contributed by atoms with Gasteiger partial charge in [-0.15, -0.1) is 0 Å². The largest absolute Gasteiger partial charge is 0.383 e. The molecule has 7 nitrogen and oxygen atoms in total. The fourth-order valence-electron chi connectivity index (χ4n) is 2.67. The average molecular weight is 295 g/mol. The Kier molecular flexibility index (Phi) is 5.58. The minimum Gasteiger partial charge on any atom is -0.383 e. The van der Waals surface area contributed by atoms with E-state index in [4.69, 9.17) is 4.74 Å². The Morgan fingerprint density at radius 3 is 3.05 bits per heavy atom. The number of carbonyl (C=O) groups is 1. The van der Waals surface area contributed by atoms with Crippen LogP contribution in [0.1, 0.15) is 17.7 Å². The highest BCUT2D eigenvalue weighted by molar-refractivity contribution is 5.81. The molecule has 0 saturated carbocycles. The van der Waals surface area contributed by atoms with Gasteiger partial charge in [0.1, 0.15) is 5.82 Å². The Hall–Kier alpha value is -1.60. The molecule has 0 radical (unpaired) electrons. The molecule has 1 fully saturated rings. The van der Waals surface area contributed by atoms with Crippen LogP contribution in [0.4, 0.5) is 5.82 Å². The highest BCUT2D eigenvalue weighted by Gasteiger charge is 2.22. The van der Waals surface area contributed by atoms with Gasteiger partial charge < -0.3 is 20.3 Å². The molecule has 0 spiro atoms. The van der Waals surface area contributed by atoms with Crippen molar-refractivity contribution in [1.82, 2.24) is 20.4 Å². The summed E-state index contributed by atoms with van der Waals surface area (Å²) >= 11 is 0. The zero-order valence-electron chi connectivity index (χ0n) is 13.1. The molecule has 0 unspecified atom stereocenters. The van der Waals surface area contributed by atoms with E-state index in [2.05, 4.69) is 20.6 Å². The van der Waals surface area contributed by atoms with Crippen LogP contribution in [0.15, 0.2) is 0 Å². The number of nitrogens with zero attached hydrogens (tertiary/aromatic N) is 3. The molecule has 2 N–H and O–H groups in total. The van der Waals surface area contributed by atoms with E-state index >= 15 is 0 Å². The molecule has 1 aromatic heterocycles.